The number of rotatable bonds is 7. The number of nitrogens with zero attached hydrogens (tertiary/aromatic N) is 1. The smallest absolute Gasteiger partial charge is 0.242 e. The molecular weight excluding hydrogens is 378 g/mol. The maximum Gasteiger partial charge on any atom is 0.242 e. The molecule has 0 saturated carbocycles. The number of carbonyl (C=O) groups excluding carboxylic acids is 1. The molecule has 2 N–H and O–H groups in total. The second-order valence-electron chi connectivity index (χ2n) is 6.54. The lowest BCUT2D eigenvalue weighted by molar-refractivity contribution is -0.136. The first-order valence-electron chi connectivity index (χ1n) is 8.32. The summed E-state index contributed by atoms with van der Waals surface area (Å²) in [4.78, 5) is 13.0. The summed E-state index contributed by atoms with van der Waals surface area (Å²) in [6, 6.07) is 6.74. The minimum Gasteiger partial charge on any atom is -0.384 e. The van der Waals surface area contributed by atoms with E-state index in [1.54, 1.807) is 31.4 Å². The van der Waals surface area contributed by atoms with Gasteiger partial charge in [-0.15, -0.1) is 12.4 Å². The highest BCUT2D eigenvalue weighted by Gasteiger charge is 2.39. The third-order valence-electron chi connectivity index (χ3n) is 4.63. The summed E-state index contributed by atoms with van der Waals surface area (Å²) in [5, 5.41) is 6.16. The summed E-state index contributed by atoms with van der Waals surface area (Å²) in [7, 11) is 1.02. The Balaban J connectivity index is 0.00000338. The first-order chi connectivity index (χ1) is 11.8. The number of piperidine rings is 1. The average molecular weight is 406 g/mol. The van der Waals surface area contributed by atoms with Gasteiger partial charge in [0.1, 0.15) is 0 Å². The fourth-order valence-electron chi connectivity index (χ4n) is 3.08. The molecule has 7 nitrogen and oxygen atoms in total. The van der Waals surface area contributed by atoms with Crippen molar-refractivity contribution < 1.29 is 17.9 Å². The maximum atomic E-state index is 12.8. The Morgan fingerprint density at radius 1 is 1.27 bits per heavy atom. The topological polar surface area (TPSA) is 87.7 Å². The van der Waals surface area contributed by atoms with Crippen molar-refractivity contribution in [2.24, 2.45) is 5.41 Å². The molecule has 0 aromatic heterocycles. The van der Waals surface area contributed by atoms with Gasteiger partial charge in [-0.25, -0.2) is 12.7 Å². The quantitative estimate of drug-likeness (QED) is 0.706. The number of methoxy groups -OCH3 is 1. The second kappa shape index (κ2) is 9.66. The molecule has 1 aliphatic rings. The van der Waals surface area contributed by atoms with E-state index in [9.17, 15) is 13.2 Å². The van der Waals surface area contributed by atoms with E-state index < -0.39 is 15.4 Å². The Bertz CT molecular complexity index is 698. The minimum absolute atomic E-state index is 0. The number of nitrogens with one attached hydrogen (secondary N) is 2. The Morgan fingerprint density at radius 3 is 2.46 bits per heavy atom. The van der Waals surface area contributed by atoms with Gasteiger partial charge in [0, 0.05) is 27.7 Å². The standard InChI is InChI=1S/C17H27N3O4S.ClH/c1-20(2)25(22,23)15-7-5-4-6-14(15)12-19-16(21)17(13-24-3)8-10-18-11-9-17;/h4-7,18H,8-13H2,1-3H3,(H,19,21);1H. The molecule has 9 heteroatoms. The van der Waals surface area contributed by atoms with Crippen LogP contribution in [0, 0.1) is 5.41 Å². The molecule has 1 aliphatic heterocycles. The summed E-state index contributed by atoms with van der Waals surface area (Å²) in [5.41, 5.74) is 0.0149. The molecule has 2 rings (SSSR count). The number of halogens is 1. The third kappa shape index (κ3) is 4.95. The lowest BCUT2D eigenvalue weighted by Crippen LogP contribution is -2.50. The predicted octanol–water partition coefficient (Wildman–Crippen LogP) is 0.991. The molecular formula is C17H28ClN3O4S. The molecule has 1 fully saturated rings. The lowest BCUT2D eigenvalue weighted by atomic mass is 9.78. The predicted molar refractivity (Wildman–Crippen MR) is 103 cm³/mol. The first kappa shape index (κ1) is 22.9. The largest absolute Gasteiger partial charge is 0.384 e. The Kier molecular flexibility index (Phi) is 8.49. The Hall–Kier alpha value is -1.19. The number of hydrogen-bond donors (Lipinski definition) is 2. The van der Waals surface area contributed by atoms with Crippen LogP contribution in [0.1, 0.15) is 18.4 Å². The highest BCUT2D eigenvalue weighted by Crippen LogP contribution is 2.29. The Morgan fingerprint density at radius 2 is 1.88 bits per heavy atom. The zero-order chi connectivity index (χ0) is 18.5. The SMILES string of the molecule is COCC1(C(=O)NCc2ccccc2S(=O)(=O)N(C)C)CCNCC1.Cl. The minimum atomic E-state index is -3.56. The molecule has 1 heterocycles. The van der Waals surface area contributed by atoms with Crippen molar-refractivity contribution in [3.8, 4) is 0 Å². The van der Waals surface area contributed by atoms with Crippen molar-refractivity contribution in [2.45, 2.75) is 24.3 Å². The number of carbonyl (C=O) groups is 1. The van der Waals surface area contributed by atoms with Crippen molar-refractivity contribution in [3.63, 3.8) is 0 Å². The van der Waals surface area contributed by atoms with Gasteiger partial charge in [-0.2, -0.15) is 0 Å². The van der Waals surface area contributed by atoms with Crippen LogP contribution in [0.2, 0.25) is 0 Å². The van der Waals surface area contributed by atoms with Gasteiger partial charge in [0.25, 0.3) is 0 Å². The van der Waals surface area contributed by atoms with E-state index in [0.717, 1.165) is 13.1 Å². The third-order valence-corrected chi connectivity index (χ3v) is 6.55. The van der Waals surface area contributed by atoms with E-state index in [1.165, 1.54) is 18.4 Å². The molecule has 0 radical (unpaired) electrons. The molecule has 148 valence electrons. The summed E-state index contributed by atoms with van der Waals surface area (Å²) in [6.07, 6.45) is 1.40. The van der Waals surface area contributed by atoms with Crippen LogP contribution in [0.3, 0.4) is 0 Å². The lowest BCUT2D eigenvalue weighted by Gasteiger charge is -2.35. The van der Waals surface area contributed by atoms with Crippen LogP contribution in [-0.4, -0.2) is 59.5 Å². The summed E-state index contributed by atoms with van der Waals surface area (Å²) in [6.45, 7) is 2.06. The molecule has 0 aliphatic carbocycles. The van der Waals surface area contributed by atoms with Crippen molar-refractivity contribution in [1.29, 1.82) is 0 Å². The highest BCUT2D eigenvalue weighted by molar-refractivity contribution is 7.89. The van der Waals surface area contributed by atoms with Gasteiger partial charge >= 0.3 is 0 Å². The normalized spacial score (nSPS) is 16.8. The van der Waals surface area contributed by atoms with E-state index in [4.69, 9.17) is 4.74 Å². The van der Waals surface area contributed by atoms with Crippen LogP contribution in [-0.2, 0) is 26.1 Å². The fourth-order valence-corrected chi connectivity index (χ4v) is 4.20. The average Bonchev–Trinajstić information content (AvgIpc) is 2.60. The Labute approximate surface area is 161 Å². The highest BCUT2D eigenvalue weighted by atomic mass is 35.5. The van der Waals surface area contributed by atoms with Gasteiger partial charge in [-0.3, -0.25) is 4.79 Å². The van der Waals surface area contributed by atoms with Gasteiger partial charge in [0.15, 0.2) is 0 Å². The van der Waals surface area contributed by atoms with Crippen LogP contribution < -0.4 is 10.6 Å². The monoisotopic (exact) mass is 405 g/mol. The molecule has 1 saturated heterocycles. The van der Waals surface area contributed by atoms with E-state index in [0.29, 0.717) is 25.0 Å². The fraction of sp³-hybridized carbons (Fsp3) is 0.588. The van der Waals surface area contributed by atoms with Gasteiger partial charge < -0.3 is 15.4 Å². The van der Waals surface area contributed by atoms with E-state index in [-0.39, 0.29) is 29.8 Å². The van der Waals surface area contributed by atoms with E-state index in [1.807, 2.05) is 0 Å². The van der Waals surface area contributed by atoms with Crippen LogP contribution in [0.25, 0.3) is 0 Å². The van der Waals surface area contributed by atoms with Crippen LogP contribution in [0.5, 0.6) is 0 Å². The molecule has 0 atom stereocenters. The van der Waals surface area contributed by atoms with Crippen molar-refractivity contribution in [2.75, 3.05) is 40.9 Å². The number of benzene rings is 1. The number of hydrogen-bond acceptors (Lipinski definition) is 5. The molecule has 1 amide bonds. The summed E-state index contributed by atoms with van der Waals surface area (Å²) in [5.74, 6) is -0.0899. The van der Waals surface area contributed by atoms with Gasteiger partial charge in [-0.1, -0.05) is 18.2 Å². The number of sulfonamides is 1. The molecule has 1 aromatic carbocycles. The van der Waals surface area contributed by atoms with Gasteiger partial charge in [-0.05, 0) is 37.6 Å². The zero-order valence-electron chi connectivity index (χ0n) is 15.4. The zero-order valence-corrected chi connectivity index (χ0v) is 17.1. The summed E-state index contributed by atoms with van der Waals surface area (Å²) >= 11 is 0. The van der Waals surface area contributed by atoms with Gasteiger partial charge in [0.2, 0.25) is 15.9 Å². The molecule has 26 heavy (non-hydrogen) atoms. The second-order valence-corrected chi connectivity index (χ2v) is 8.66. The number of ether oxygens (including phenoxy) is 1. The molecule has 1 aromatic rings. The summed E-state index contributed by atoms with van der Waals surface area (Å²) < 4.78 is 31.3. The van der Waals surface area contributed by atoms with E-state index >= 15 is 0 Å². The van der Waals surface area contributed by atoms with Crippen LogP contribution in [0.15, 0.2) is 29.2 Å². The van der Waals surface area contributed by atoms with Crippen molar-refractivity contribution in [3.05, 3.63) is 29.8 Å². The van der Waals surface area contributed by atoms with Crippen molar-refractivity contribution >= 4 is 28.3 Å². The van der Waals surface area contributed by atoms with Crippen LogP contribution >= 0.6 is 12.4 Å². The van der Waals surface area contributed by atoms with Crippen LogP contribution in [0.4, 0.5) is 0 Å². The van der Waals surface area contributed by atoms with Gasteiger partial charge in [0.05, 0.1) is 16.9 Å². The van der Waals surface area contributed by atoms with E-state index in [2.05, 4.69) is 10.6 Å². The molecule has 0 bridgehead atoms. The first-order valence-corrected chi connectivity index (χ1v) is 9.76. The number of amides is 1. The molecule has 0 unspecified atom stereocenters. The molecule has 0 spiro atoms. The maximum absolute atomic E-state index is 12.8. The van der Waals surface area contributed by atoms with Crippen molar-refractivity contribution in [1.82, 2.24) is 14.9 Å².